The summed E-state index contributed by atoms with van der Waals surface area (Å²) in [6.45, 7) is 4.04. The smallest absolute Gasteiger partial charge is 0.184 e. The number of nitrogen functional groups attached to an aromatic ring is 1. The van der Waals surface area contributed by atoms with Gasteiger partial charge >= 0.3 is 0 Å². The van der Waals surface area contributed by atoms with Gasteiger partial charge in [0.15, 0.2) is 5.82 Å². The van der Waals surface area contributed by atoms with Gasteiger partial charge in [0.1, 0.15) is 0 Å². The highest BCUT2D eigenvalue weighted by Gasteiger charge is 2.13. The molecule has 0 aliphatic carbocycles. The largest absolute Gasteiger partial charge is 0.397 e. The molecular weight excluding hydrogens is 278 g/mol. The van der Waals surface area contributed by atoms with Crippen LogP contribution in [-0.2, 0) is 11.3 Å². The normalized spacial score (nSPS) is 10.9. The molecule has 2 rings (SSSR count). The molecule has 2 aromatic rings. The van der Waals surface area contributed by atoms with Gasteiger partial charge in [0, 0.05) is 12.2 Å². The van der Waals surface area contributed by atoms with Gasteiger partial charge in [-0.2, -0.15) is 0 Å². The van der Waals surface area contributed by atoms with Gasteiger partial charge in [0.2, 0.25) is 0 Å². The Kier molecular flexibility index (Phi) is 5.31. The highest BCUT2D eigenvalue weighted by Crippen LogP contribution is 2.29. The van der Waals surface area contributed by atoms with Crippen LogP contribution in [0.25, 0.3) is 11.4 Å². The molecule has 0 unspecified atom stereocenters. The summed E-state index contributed by atoms with van der Waals surface area (Å²) in [6, 6.07) is 5.41. The Labute approximate surface area is 122 Å². The monoisotopic (exact) mass is 295 g/mol. The first-order chi connectivity index (χ1) is 9.74. The molecule has 7 heteroatoms. The SMILES string of the molecule is CCCCOCCn1nnnc1-c1cccc(Cl)c1N. The Balaban J connectivity index is 2.06. The molecule has 0 atom stereocenters. The molecule has 1 aromatic heterocycles. The maximum atomic E-state index is 6.02. The van der Waals surface area contributed by atoms with Crippen molar-refractivity contribution in [3.05, 3.63) is 23.2 Å². The van der Waals surface area contributed by atoms with Crippen molar-refractivity contribution in [3.63, 3.8) is 0 Å². The lowest BCUT2D eigenvalue weighted by Gasteiger charge is -2.08. The van der Waals surface area contributed by atoms with Crippen molar-refractivity contribution < 1.29 is 4.74 Å². The molecule has 0 aliphatic heterocycles. The number of anilines is 1. The van der Waals surface area contributed by atoms with Gasteiger partial charge in [-0.05, 0) is 29.0 Å². The van der Waals surface area contributed by atoms with Crippen LogP contribution in [0.15, 0.2) is 18.2 Å². The first-order valence-corrected chi connectivity index (χ1v) is 7.00. The number of aromatic nitrogens is 4. The number of hydrogen-bond donors (Lipinski definition) is 1. The van der Waals surface area contributed by atoms with Crippen molar-refractivity contribution in [1.29, 1.82) is 0 Å². The van der Waals surface area contributed by atoms with Gasteiger partial charge in [-0.1, -0.05) is 31.0 Å². The van der Waals surface area contributed by atoms with Gasteiger partial charge in [0.25, 0.3) is 0 Å². The lowest BCUT2D eigenvalue weighted by molar-refractivity contribution is 0.121. The molecule has 1 heterocycles. The fourth-order valence-corrected chi connectivity index (χ4v) is 1.95. The fraction of sp³-hybridized carbons (Fsp3) is 0.462. The maximum absolute atomic E-state index is 6.02. The highest BCUT2D eigenvalue weighted by atomic mass is 35.5. The molecule has 0 radical (unpaired) electrons. The first kappa shape index (κ1) is 14.7. The summed E-state index contributed by atoms with van der Waals surface area (Å²) in [5.74, 6) is 0.601. The van der Waals surface area contributed by atoms with Crippen molar-refractivity contribution in [2.24, 2.45) is 0 Å². The minimum Gasteiger partial charge on any atom is -0.397 e. The topological polar surface area (TPSA) is 78.8 Å². The van der Waals surface area contributed by atoms with Gasteiger partial charge in [-0.3, -0.25) is 0 Å². The Morgan fingerprint density at radius 3 is 3.00 bits per heavy atom. The number of halogens is 1. The van der Waals surface area contributed by atoms with Crippen molar-refractivity contribution in [1.82, 2.24) is 20.2 Å². The van der Waals surface area contributed by atoms with Crippen LogP contribution in [0.2, 0.25) is 5.02 Å². The van der Waals surface area contributed by atoms with E-state index in [1.807, 2.05) is 12.1 Å². The number of hydrogen-bond acceptors (Lipinski definition) is 5. The van der Waals surface area contributed by atoms with Crippen molar-refractivity contribution >= 4 is 17.3 Å². The third-order valence-corrected chi connectivity index (χ3v) is 3.24. The van der Waals surface area contributed by atoms with Crippen LogP contribution < -0.4 is 5.73 Å². The molecule has 0 aliphatic rings. The Morgan fingerprint density at radius 2 is 2.20 bits per heavy atom. The van der Waals surface area contributed by atoms with E-state index >= 15 is 0 Å². The molecule has 108 valence electrons. The molecule has 20 heavy (non-hydrogen) atoms. The summed E-state index contributed by atoms with van der Waals surface area (Å²) in [5.41, 5.74) is 7.18. The average Bonchev–Trinajstić information content (AvgIpc) is 2.90. The fourth-order valence-electron chi connectivity index (χ4n) is 1.78. The number of benzene rings is 1. The molecule has 2 N–H and O–H groups in total. The summed E-state index contributed by atoms with van der Waals surface area (Å²) in [6.07, 6.45) is 2.18. The Morgan fingerprint density at radius 1 is 1.35 bits per heavy atom. The quantitative estimate of drug-likeness (QED) is 0.627. The van der Waals surface area contributed by atoms with E-state index in [9.17, 15) is 0 Å². The van der Waals surface area contributed by atoms with Crippen LogP contribution >= 0.6 is 11.6 Å². The van der Waals surface area contributed by atoms with E-state index in [0.29, 0.717) is 29.7 Å². The minimum atomic E-state index is 0.483. The zero-order valence-electron chi connectivity index (χ0n) is 11.4. The zero-order valence-corrected chi connectivity index (χ0v) is 12.2. The Hall–Kier alpha value is -1.66. The number of para-hydroxylation sites is 1. The summed E-state index contributed by atoms with van der Waals surface area (Å²) < 4.78 is 7.19. The zero-order chi connectivity index (χ0) is 14.4. The molecule has 0 saturated carbocycles. The standard InChI is InChI=1S/C13H18ClN5O/c1-2-3-8-20-9-7-19-13(16-17-18-19)10-5-4-6-11(14)12(10)15/h4-6H,2-3,7-9,15H2,1H3. The third-order valence-electron chi connectivity index (χ3n) is 2.92. The second-order valence-electron chi connectivity index (χ2n) is 4.39. The summed E-state index contributed by atoms with van der Waals surface area (Å²) in [7, 11) is 0. The maximum Gasteiger partial charge on any atom is 0.184 e. The summed E-state index contributed by atoms with van der Waals surface area (Å²) in [5, 5.41) is 12.2. The molecule has 1 aromatic carbocycles. The van der Waals surface area contributed by atoms with Crippen LogP contribution in [0.3, 0.4) is 0 Å². The van der Waals surface area contributed by atoms with E-state index < -0.39 is 0 Å². The van der Waals surface area contributed by atoms with Crippen LogP contribution in [0.4, 0.5) is 5.69 Å². The number of rotatable bonds is 7. The first-order valence-electron chi connectivity index (χ1n) is 6.62. The van der Waals surface area contributed by atoms with Gasteiger partial charge < -0.3 is 10.5 Å². The number of tetrazole rings is 1. The lowest BCUT2D eigenvalue weighted by atomic mass is 10.1. The molecule has 6 nitrogen and oxygen atoms in total. The van der Waals surface area contributed by atoms with Gasteiger partial charge in [-0.25, -0.2) is 4.68 Å². The molecule has 0 spiro atoms. The van der Waals surface area contributed by atoms with E-state index in [1.54, 1.807) is 10.7 Å². The van der Waals surface area contributed by atoms with Crippen LogP contribution in [-0.4, -0.2) is 33.4 Å². The summed E-state index contributed by atoms with van der Waals surface area (Å²) in [4.78, 5) is 0. The van der Waals surface area contributed by atoms with E-state index in [1.165, 1.54) is 0 Å². The summed E-state index contributed by atoms with van der Waals surface area (Å²) >= 11 is 6.02. The predicted molar refractivity (Wildman–Crippen MR) is 78.4 cm³/mol. The Bertz CT molecular complexity index is 557. The van der Waals surface area contributed by atoms with Crippen LogP contribution in [0, 0.1) is 0 Å². The third kappa shape index (κ3) is 3.46. The van der Waals surface area contributed by atoms with E-state index in [4.69, 9.17) is 22.1 Å². The molecule has 0 bridgehead atoms. The van der Waals surface area contributed by atoms with E-state index in [0.717, 1.165) is 25.0 Å². The lowest BCUT2D eigenvalue weighted by Crippen LogP contribution is -2.10. The second-order valence-corrected chi connectivity index (χ2v) is 4.80. The molecule has 0 amide bonds. The molecular formula is C13H18ClN5O. The van der Waals surface area contributed by atoms with Crippen molar-refractivity contribution in [2.75, 3.05) is 18.9 Å². The number of nitrogens with zero attached hydrogens (tertiary/aromatic N) is 4. The van der Waals surface area contributed by atoms with Crippen LogP contribution in [0.5, 0.6) is 0 Å². The van der Waals surface area contributed by atoms with Gasteiger partial charge in [-0.15, -0.1) is 5.10 Å². The molecule has 0 saturated heterocycles. The molecule has 0 fully saturated rings. The number of unbranched alkanes of at least 4 members (excludes halogenated alkanes) is 1. The highest BCUT2D eigenvalue weighted by molar-refractivity contribution is 6.33. The van der Waals surface area contributed by atoms with Gasteiger partial charge in [0.05, 0.1) is 23.9 Å². The minimum absolute atomic E-state index is 0.483. The number of ether oxygens (including phenoxy) is 1. The van der Waals surface area contributed by atoms with Crippen molar-refractivity contribution in [3.8, 4) is 11.4 Å². The number of nitrogens with two attached hydrogens (primary N) is 1. The predicted octanol–water partition coefficient (Wildman–Crippen LogP) is 2.39. The average molecular weight is 296 g/mol. The van der Waals surface area contributed by atoms with E-state index in [2.05, 4.69) is 22.4 Å². The van der Waals surface area contributed by atoms with E-state index in [-0.39, 0.29) is 0 Å². The van der Waals surface area contributed by atoms with Crippen molar-refractivity contribution in [2.45, 2.75) is 26.3 Å². The second kappa shape index (κ2) is 7.21. The van der Waals surface area contributed by atoms with Crippen LogP contribution in [0.1, 0.15) is 19.8 Å².